The highest BCUT2D eigenvalue weighted by Crippen LogP contribution is 2.03. The van der Waals surface area contributed by atoms with Crippen LogP contribution in [0, 0.1) is 12.3 Å². The van der Waals surface area contributed by atoms with E-state index in [0.717, 1.165) is 13.0 Å². The second kappa shape index (κ2) is 5.13. The van der Waals surface area contributed by atoms with Crippen LogP contribution >= 0.6 is 0 Å². The van der Waals surface area contributed by atoms with Crippen molar-refractivity contribution in [3.05, 3.63) is 0 Å². The molecule has 1 heterocycles. The molecule has 5 heteroatoms. The van der Waals surface area contributed by atoms with Gasteiger partial charge in [-0.1, -0.05) is 5.92 Å². The molecule has 1 rings (SSSR count). The van der Waals surface area contributed by atoms with Gasteiger partial charge in [-0.25, -0.2) is 4.21 Å². The largest absolute Gasteiger partial charge is 0.316 e. The Morgan fingerprint density at radius 1 is 1.50 bits per heavy atom. The van der Waals surface area contributed by atoms with Gasteiger partial charge in [-0.05, 0) is 13.0 Å². The number of carbonyl (C=O) groups excluding carboxylic acids is 1. The average Bonchev–Trinajstić information content (AvgIpc) is 2.30. The standard InChI is InChI=1S/C9H14N2O2S/c1-2-4-9(12)11-14(13)7-3-5-10-6-8-14/h1,10H,3-8H2. The van der Waals surface area contributed by atoms with E-state index >= 15 is 0 Å². The molecule has 0 aromatic rings. The molecule has 1 aliphatic heterocycles. The second-order valence-electron chi connectivity index (χ2n) is 3.15. The number of amides is 1. The van der Waals surface area contributed by atoms with E-state index in [0.29, 0.717) is 18.1 Å². The number of rotatable bonds is 1. The zero-order valence-electron chi connectivity index (χ0n) is 7.99. The first-order valence-corrected chi connectivity index (χ1v) is 6.41. The van der Waals surface area contributed by atoms with Gasteiger partial charge in [0.05, 0.1) is 16.1 Å². The SMILES string of the molecule is C#CCC(=O)N=S1(=O)CCCNCC1. The van der Waals surface area contributed by atoms with E-state index in [4.69, 9.17) is 6.42 Å². The number of hydrogen-bond donors (Lipinski definition) is 1. The molecule has 14 heavy (non-hydrogen) atoms. The molecule has 0 spiro atoms. The molecule has 1 N–H and O–H groups in total. The summed E-state index contributed by atoms with van der Waals surface area (Å²) in [6.45, 7) is 1.50. The monoisotopic (exact) mass is 214 g/mol. The summed E-state index contributed by atoms with van der Waals surface area (Å²) in [6, 6.07) is 0. The molecule has 1 unspecified atom stereocenters. The highest BCUT2D eigenvalue weighted by Gasteiger charge is 2.14. The summed E-state index contributed by atoms with van der Waals surface area (Å²) in [4.78, 5) is 11.1. The fraction of sp³-hybridized carbons (Fsp3) is 0.667. The number of hydrogen-bond acceptors (Lipinski definition) is 3. The fourth-order valence-corrected chi connectivity index (χ4v) is 3.16. The first-order valence-electron chi connectivity index (χ1n) is 4.56. The minimum absolute atomic E-state index is 0.0512. The van der Waals surface area contributed by atoms with Crippen molar-refractivity contribution in [2.24, 2.45) is 4.36 Å². The molecule has 1 atom stereocenters. The number of nitrogens with zero attached hydrogens (tertiary/aromatic N) is 1. The summed E-state index contributed by atoms with van der Waals surface area (Å²) in [5, 5.41) is 3.12. The molecule has 1 amide bonds. The van der Waals surface area contributed by atoms with Crippen molar-refractivity contribution in [3.8, 4) is 12.3 Å². The van der Waals surface area contributed by atoms with Gasteiger partial charge in [0.2, 0.25) is 0 Å². The van der Waals surface area contributed by atoms with E-state index < -0.39 is 15.6 Å². The lowest BCUT2D eigenvalue weighted by molar-refractivity contribution is -0.116. The van der Waals surface area contributed by atoms with Crippen LogP contribution in [0.15, 0.2) is 4.36 Å². The van der Waals surface area contributed by atoms with Crippen LogP contribution in [0.3, 0.4) is 0 Å². The van der Waals surface area contributed by atoms with E-state index in [1.165, 1.54) is 0 Å². The van der Waals surface area contributed by atoms with Crippen LogP contribution in [0.5, 0.6) is 0 Å². The lowest BCUT2D eigenvalue weighted by atomic mass is 10.4. The van der Waals surface area contributed by atoms with Gasteiger partial charge in [-0.3, -0.25) is 4.79 Å². The predicted molar refractivity (Wildman–Crippen MR) is 56.2 cm³/mol. The molecule has 0 radical (unpaired) electrons. The van der Waals surface area contributed by atoms with Crippen molar-refractivity contribution in [1.82, 2.24) is 5.32 Å². The summed E-state index contributed by atoms with van der Waals surface area (Å²) < 4.78 is 15.7. The molecule has 1 aliphatic rings. The van der Waals surface area contributed by atoms with Gasteiger partial charge in [0.1, 0.15) is 0 Å². The zero-order valence-corrected chi connectivity index (χ0v) is 8.81. The third kappa shape index (κ3) is 3.48. The van der Waals surface area contributed by atoms with Crippen molar-refractivity contribution in [3.63, 3.8) is 0 Å². The van der Waals surface area contributed by atoms with Crippen molar-refractivity contribution in [1.29, 1.82) is 0 Å². The predicted octanol–water partition coefficient (Wildman–Crippen LogP) is -0.00240. The maximum absolute atomic E-state index is 12.0. The molecule has 0 bridgehead atoms. The van der Waals surface area contributed by atoms with Crippen LogP contribution < -0.4 is 5.32 Å². The van der Waals surface area contributed by atoms with Crippen LogP contribution in [-0.2, 0) is 14.5 Å². The lowest BCUT2D eigenvalue weighted by Crippen LogP contribution is -2.19. The highest BCUT2D eigenvalue weighted by molar-refractivity contribution is 7.93. The average molecular weight is 214 g/mol. The maximum atomic E-state index is 12.0. The van der Waals surface area contributed by atoms with Crippen LogP contribution in [-0.4, -0.2) is 34.7 Å². The Bertz CT molecular complexity index is 347. The normalized spacial score (nSPS) is 27.4. The Balaban J connectivity index is 2.76. The van der Waals surface area contributed by atoms with Crippen molar-refractivity contribution < 1.29 is 9.00 Å². The Hall–Kier alpha value is -0.860. The van der Waals surface area contributed by atoms with Crippen LogP contribution in [0.25, 0.3) is 0 Å². The molecule has 78 valence electrons. The molecule has 0 saturated carbocycles. The number of terminal acetylenes is 1. The summed E-state index contributed by atoms with van der Waals surface area (Å²) in [6.07, 6.45) is 5.72. The molecule has 1 saturated heterocycles. The zero-order chi connectivity index (χ0) is 10.4. The molecule has 0 aromatic heterocycles. The first-order chi connectivity index (χ1) is 6.66. The van der Waals surface area contributed by atoms with E-state index in [-0.39, 0.29) is 6.42 Å². The molecule has 4 nitrogen and oxygen atoms in total. The summed E-state index contributed by atoms with van der Waals surface area (Å²) in [5.41, 5.74) is 0. The molecular weight excluding hydrogens is 200 g/mol. The van der Waals surface area contributed by atoms with Crippen LogP contribution in [0.2, 0.25) is 0 Å². The van der Waals surface area contributed by atoms with Gasteiger partial charge in [0, 0.05) is 18.1 Å². The third-order valence-corrected chi connectivity index (χ3v) is 4.24. The molecule has 0 aliphatic carbocycles. The number of nitrogens with one attached hydrogen (secondary N) is 1. The van der Waals surface area contributed by atoms with Crippen molar-refractivity contribution in [2.75, 3.05) is 24.6 Å². The highest BCUT2D eigenvalue weighted by atomic mass is 32.2. The Kier molecular flexibility index (Phi) is 4.11. The minimum atomic E-state index is -2.33. The summed E-state index contributed by atoms with van der Waals surface area (Å²) >= 11 is 0. The second-order valence-corrected chi connectivity index (χ2v) is 5.69. The minimum Gasteiger partial charge on any atom is -0.316 e. The van der Waals surface area contributed by atoms with E-state index in [9.17, 15) is 9.00 Å². The Morgan fingerprint density at radius 2 is 2.29 bits per heavy atom. The van der Waals surface area contributed by atoms with Gasteiger partial charge in [0.25, 0.3) is 5.91 Å². The number of carbonyl (C=O) groups is 1. The third-order valence-electron chi connectivity index (χ3n) is 1.94. The van der Waals surface area contributed by atoms with Gasteiger partial charge in [-0.15, -0.1) is 6.42 Å². The summed E-state index contributed by atoms with van der Waals surface area (Å²) in [5.74, 6) is 2.72. The van der Waals surface area contributed by atoms with Gasteiger partial charge in [0.15, 0.2) is 0 Å². The molecule has 1 fully saturated rings. The quantitative estimate of drug-likeness (QED) is 0.625. The van der Waals surface area contributed by atoms with Crippen LogP contribution in [0.1, 0.15) is 12.8 Å². The van der Waals surface area contributed by atoms with Gasteiger partial charge in [-0.2, -0.15) is 4.36 Å². The first kappa shape index (κ1) is 11.2. The van der Waals surface area contributed by atoms with Crippen molar-refractivity contribution >= 4 is 15.6 Å². The summed E-state index contributed by atoms with van der Waals surface area (Å²) in [7, 11) is -2.33. The lowest BCUT2D eigenvalue weighted by Gasteiger charge is -2.03. The topological polar surface area (TPSA) is 58.5 Å². The van der Waals surface area contributed by atoms with E-state index in [1.54, 1.807) is 0 Å². The smallest absolute Gasteiger partial charge is 0.265 e. The van der Waals surface area contributed by atoms with Gasteiger partial charge >= 0.3 is 0 Å². The molecule has 0 aromatic carbocycles. The Labute approximate surface area is 84.6 Å². The van der Waals surface area contributed by atoms with Crippen LogP contribution in [0.4, 0.5) is 0 Å². The molecular formula is C9H14N2O2S. The van der Waals surface area contributed by atoms with E-state index in [2.05, 4.69) is 15.6 Å². The fourth-order valence-electron chi connectivity index (χ4n) is 1.28. The van der Waals surface area contributed by atoms with Crippen molar-refractivity contribution in [2.45, 2.75) is 12.8 Å². The van der Waals surface area contributed by atoms with E-state index in [1.807, 2.05) is 0 Å². The van der Waals surface area contributed by atoms with Gasteiger partial charge < -0.3 is 5.32 Å². The maximum Gasteiger partial charge on any atom is 0.265 e. The Morgan fingerprint density at radius 3 is 3.00 bits per heavy atom.